The summed E-state index contributed by atoms with van der Waals surface area (Å²) in [6.07, 6.45) is 2.11. The Balaban J connectivity index is 2.22. The van der Waals surface area contributed by atoms with Gasteiger partial charge in [-0.05, 0) is 33.6 Å². The van der Waals surface area contributed by atoms with E-state index < -0.39 is 0 Å². The van der Waals surface area contributed by atoms with E-state index in [4.69, 9.17) is 4.74 Å². The van der Waals surface area contributed by atoms with Gasteiger partial charge in [-0.3, -0.25) is 0 Å². The van der Waals surface area contributed by atoms with Crippen LogP contribution in [0.1, 0.15) is 33.6 Å². The molecule has 0 saturated carbocycles. The molecule has 1 aliphatic rings. The number of hydrogen-bond acceptors (Lipinski definition) is 3. The van der Waals surface area contributed by atoms with Crippen LogP contribution in [-0.4, -0.2) is 36.0 Å². The van der Waals surface area contributed by atoms with E-state index in [2.05, 4.69) is 12.2 Å². The molecule has 3 nitrogen and oxygen atoms in total. The molecular weight excluding hydrogens is 166 g/mol. The fraction of sp³-hybridized carbons (Fsp3) is 1.00. The topological polar surface area (TPSA) is 41.5 Å². The molecule has 1 fully saturated rings. The van der Waals surface area contributed by atoms with E-state index in [1.54, 1.807) is 6.92 Å². The second-order valence-electron chi connectivity index (χ2n) is 4.09. The molecule has 0 spiro atoms. The highest BCUT2D eigenvalue weighted by Crippen LogP contribution is 2.13. The summed E-state index contributed by atoms with van der Waals surface area (Å²) in [7, 11) is 0. The van der Waals surface area contributed by atoms with Gasteiger partial charge in [0.15, 0.2) is 0 Å². The Kier molecular flexibility index (Phi) is 4.16. The fourth-order valence-electron chi connectivity index (χ4n) is 1.51. The molecule has 0 aromatic carbocycles. The summed E-state index contributed by atoms with van der Waals surface area (Å²) >= 11 is 0. The van der Waals surface area contributed by atoms with E-state index >= 15 is 0 Å². The smallest absolute Gasteiger partial charge is 0.0807 e. The number of piperidine rings is 1. The lowest BCUT2D eigenvalue weighted by Crippen LogP contribution is -2.43. The van der Waals surface area contributed by atoms with Crippen molar-refractivity contribution in [3.63, 3.8) is 0 Å². The molecule has 4 unspecified atom stereocenters. The van der Waals surface area contributed by atoms with Crippen LogP contribution in [0.25, 0.3) is 0 Å². The minimum atomic E-state index is -0.376. The van der Waals surface area contributed by atoms with Gasteiger partial charge in [0, 0.05) is 12.6 Å². The molecule has 4 atom stereocenters. The van der Waals surface area contributed by atoms with Gasteiger partial charge in [0.05, 0.1) is 18.3 Å². The van der Waals surface area contributed by atoms with Crippen LogP contribution in [0.15, 0.2) is 0 Å². The molecule has 1 rings (SSSR count). The van der Waals surface area contributed by atoms with Crippen LogP contribution in [0.5, 0.6) is 0 Å². The van der Waals surface area contributed by atoms with Crippen molar-refractivity contribution in [1.82, 2.24) is 5.32 Å². The number of aliphatic hydroxyl groups is 1. The van der Waals surface area contributed by atoms with Crippen LogP contribution in [0.3, 0.4) is 0 Å². The van der Waals surface area contributed by atoms with Gasteiger partial charge in [-0.15, -0.1) is 0 Å². The molecule has 0 aromatic heterocycles. The fourth-order valence-corrected chi connectivity index (χ4v) is 1.51. The monoisotopic (exact) mass is 187 g/mol. The Morgan fingerprint density at radius 2 is 2.08 bits per heavy atom. The molecule has 0 radical (unpaired) electrons. The van der Waals surface area contributed by atoms with Gasteiger partial charge in [0.1, 0.15) is 0 Å². The molecule has 0 aliphatic carbocycles. The zero-order valence-corrected chi connectivity index (χ0v) is 8.79. The second-order valence-corrected chi connectivity index (χ2v) is 4.09. The van der Waals surface area contributed by atoms with Crippen LogP contribution >= 0.6 is 0 Å². The number of hydrogen-bond donors (Lipinski definition) is 2. The van der Waals surface area contributed by atoms with Crippen molar-refractivity contribution in [2.75, 3.05) is 6.54 Å². The average molecular weight is 187 g/mol. The Morgan fingerprint density at radius 3 is 2.54 bits per heavy atom. The van der Waals surface area contributed by atoms with Crippen molar-refractivity contribution in [2.24, 2.45) is 0 Å². The lowest BCUT2D eigenvalue weighted by molar-refractivity contribution is -0.0698. The maximum absolute atomic E-state index is 9.26. The first-order valence-electron chi connectivity index (χ1n) is 5.16. The van der Waals surface area contributed by atoms with E-state index in [1.165, 1.54) is 0 Å². The van der Waals surface area contributed by atoms with Gasteiger partial charge in [-0.2, -0.15) is 0 Å². The summed E-state index contributed by atoms with van der Waals surface area (Å²) in [6, 6.07) is 0.613. The summed E-state index contributed by atoms with van der Waals surface area (Å²) in [5, 5.41) is 12.6. The van der Waals surface area contributed by atoms with Crippen LogP contribution in [0.2, 0.25) is 0 Å². The van der Waals surface area contributed by atoms with Gasteiger partial charge < -0.3 is 15.2 Å². The summed E-state index contributed by atoms with van der Waals surface area (Å²) in [6.45, 7) is 6.79. The molecule has 2 N–H and O–H groups in total. The largest absolute Gasteiger partial charge is 0.391 e. The number of nitrogens with one attached hydrogen (secondary N) is 1. The first-order chi connectivity index (χ1) is 6.09. The van der Waals surface area contributed by atoms with Crippen LogP contribution < -0.4 is 5.32 Å². The molecule has 1 aliphatic heterocycles. The highest BCUT2D eigenvalue weighted by molar-refractivity contribution is 4.76. The highest BCUT2D eigenvalue weighted by atomic mass is 16.5. The normalized spacial score (nSPS) is 34.2. The maximum atomic E-state index is 9.26. The van der Waals surface area contributed by atoms with Crippen LogP contribution in [-0.2, 0) is 4.74 Å². The summed E-state index contributed by atoms with van der Waals surface area (Å²) in [5.74, 6) is 0. The first kappa shape index (κ1) is 11.0. The molecule has 13 heavy (non-hydrogen) atoms. The summed E-state index contributed by atoms with van der Waals surface area (Å²) < 4.78 is 5.69. The summed E-state index contributed by atoms with van der Waals surface area (Å²) in [5.41, 5.74) is 0. The summed E-state index contributed by atoms with van der Waals surface area (Å²) in [4.78, 5) is 0. The van der Waals surface area contributed by atoms with Gasteiger partial charge in [0.25, 0.3) is 0 Å². The lowest BCUT2D eigenvalue weighted by Gasteiger charge is -2.30. The third-order valence-corrected chi connectivity index (χ3v) is 2.70. The Labute approximate surface area is 80.5 Å². The van der Waals surface area contributed by atoms with Crippen molar-refractivity contribution in [2.45, 2.75) is 58.0 Å². The molecule has 0 bridgehead atoms. The van der Waals surface area contributed by atoms with Crippen molar-refractivity contribution in [3.05, 3.63) is 0 Å². The van der Waals surface area contributed by atoms with Crippen molar-refractivity contribution >= 4 is 0 Å². The highest BCUT2D eigenvalue weighted by Gasteiger charge is 2.21. The molecular formula is C10H21NO2. The average Bonchev–Trinajstić information content (AvgIpc) is 2.08. The third-order valence-electron chi connectivity index (χ3n) is 2.70. The van der Waals surface area contributed by atoms with E-state index in [0.29, 0.717) is 6.04 Å². The minimum absolute atomic E-state index is 0.0554. The number of rotatable bonds is 3. The van der Waals surface area contributed by atoms with E-state index in [0.717, 1.165) is 19.4 Å². The predicted molar refractivity (Wildman–Crippen MR) is 52.7 cm³/mol. The third kappa shape index (κ3) is 3.63. The Bertz CT molecular complexity index is 142. The van der Waals surface area contributed by atoms with Crippen molar-refractivity contribution in [3.8, 4) is 0 Å². The van der Waals surface area contributed by atoms with E-state index in [-0.39, 0.29) is 18.3 Å². The molecule has 3 heteroatoms. The number of ether oxygens (including phenoxy) is 1. The number of aliphatic hydroxyl groups excluding tert-OH is 1. The van der Waals surface area contributed by atoms with Crippen molar-refractivity contribution in [1.29, 1.82) is 0 Å². The van der Waals surface area contributed by atoms with Crippen molar-refractivity contribution < 1.29 is 9.84 Å². The standard InChI is InChI=1S/C10H21NO2/c1-7-4-5-10(6-11-7)13-9(3)8(2)12/h7-12H,4-6H2,1-3H3. The predicted octanol–water partition coefficient (Wildman–Crippen LogP) is 0.913. The zero-order valence-electron chi connectivity index (χ0n) is 8.79. The quantitative estimate of drug-likeness (QED) is 0.690. The van der Waals surface area contributed by atoms with Gasteiger partial charge >= 0.3 is 0 Å². The van der Waals surface area contributed by atoms with E-state index in [9.17, 15) is 5.11 Å². The zero-order chi connectivity index (χ0) is 9.84. The van der Waals surface area contributed by atoms with Crippen LogP contribution in [0, 0.1) is 0 Å². The Morgan fingerprint density at radius 1 is 1.38 bits per heavy atom. The first-order valence-corrected chi connectivity index (χ1v) is 5.16. The molecule has 0 amide bonds. The minimum Gasteiger partial charge on any atom is -0.391 e. The second kappa shape index (κ2) is 4.94. The van der Waals surface area contributed by atoms with Crippen LogP contribution in [0.4, 0.5) is 0 Å². The molecule has 0 aromatic rings. The maximum Gasteiger partial charge on any atom is 0.0807 e. The lowest BCUT2D eigenvalue weighted by atomic mass is 10.0. The SMILES string of the molecule is CC1CCC(OC(C)C(C)O)CN1. The molecule has 1 saturated heterocycles. The van der Waals surface area contributed by atoms with E-state index in [1.807, 2.05) is 6.92 Å². The van der Waals surface area contributed by atoms with Gasteiger partial charge in [0.2, 0.25) is 0 Å². The van der Waals surface area contributed by atoms with Gasteiger partial charge in [-0.25, -0.2) is 0 Å². The molecule has 78 valence electrons. The molecule has 1 heterocycles. The van der Waals surface area contributed by atoms with Gasteiger partial charge in [-0.1, -0.05) is 0 Å². The Hall–Kier alpha value is -0.120.